The van der Waals surface area contributed by atoms with Gasteiger partial charge in [0.25, 0.3) is 0 Å². The second-order valence-corrected chi connectivity index (χ2v) is 7.36. The molecule has 0 aromatic heterocycles. The molecule has 0 aliphatic heterocycles. The van der Waals surface area contributed by atoms with E-state index >= 15 is 0 Å². The fourth-order valence-corrected chi connectivity index (χ4v) is 3.43. The Labute approximate surface area is 187 Å². The Morgan fingerprint density at radius 2 is 1.72 bits per heavy atom. The molecule has 2 aromatic carbocycles. The average Bonchev–Trinajstić information content (AvgIpc) is 2.65. The molecule has 0 amide bonds. The molecule has 2 rings (SSSR count). The number of rotatable bonds is 8. The lowest BCUT2D eigenvalue weighted by atomic mass is 10.2. The quantitative estimate of drug-likeness (QED) is 0.303. The third kappa shape index (κ3) is 9.97. The highest BCUT2D eigenvalue weighted by Crippen LogP contribution is 2.25. The van der Waals surface area contributed by atoms with Crippen molar-refractivity contribution >= 4 is 40.7 Å². The molecule has 29 heavy (non-hydrogen) atoms. The Balaban J connectivity index is 0.00000420. The molecule has 0 saturated heterocycles. The third-order valence-corrected chi connectivity index (χ3v) is 4.98. The summed E-state index contributed by atoms with van der Waals surface area (Å²) in [5, 5.41) is 5.93. The van der Waals surface area contributed by atoms with E-state index in [-0.39, 0.29) is 36.3 Å². The lowest BCUT2D eigenvalue weighted by Gasteiger charge is -2.15. The van der Waals surface area contributed by atoms with Crippen LogP contribution in [0.2, 0.25) is 0 Å². The van der Waals surface area contributed by atoms with Crippen molar-refractivity contribution in [3.8, 4) is 5.75 Å². The van der Waals surface area contributed by atoms with Crippen molar-refractivity contribution < 1.29 is 22.1 Å². The zero-order chi connectivity index (χ0) is 20.4. The van der Waals surface area contributed by atoms with Gasteiger partial charge in [-0.3, -0.25) is 9.20 Å². The standard InChI is InChI=1S/C19H22F3N3O2S.HI/c1-23-18(24-11-12-28(26)14-15-7-3-2-4-8-15)25-13-16-9-5-6-10-17(16)27-19(20,21)22;/h2-10H,11-14H2,1H3,(H2,23,24,25);1H. The molecule has 1 unspecified atom stereocenters. The molecule has 160 valence electrons. The van der Waals surface area contributed by atoms with Crippen LogP contribution in [0.3, 0.4) is 0 Å². The maximum Gasteiger partial charge on any atom is 0.573 e. The maximum atomic E-state index is 12.5. The molecule has 0 spiro atoms. The molecule has 0 heterocycles. The van der Waals surface area contributed by atoms with Gasteiger partial charge in [-0.15, -0.1) is 37.1 Å². The normalized spacial score (nSPS) is 12.6. The van der Waals surface area contributed by atoms with Crippen molar-refractivity contribution in [3.63, 3.8) is 0 Å². The van der Waals surface area contributed by atoms with Gasteiger partial charge in [-0.05, 0) is 11.6 Å². The number of ether oxygens (including phenoxy) is 1. The van der Waals surface area contributed by atoms with E-state index in [0.29, 0.717) is 29.6 Å². The summed E-state index contributed by atoms with van der Waals surface area (Å²) >= 11 is 0. The molecule has 0 radical (unpaired) electrons. The summed E-state index contributed by atoms with van der Waals surface area (Å²) in [6.45, 7) is 0.513. The van der Waals surface area contributed by atoms with Crippen molar-refractivity contribution in [2.45, 2.75) is 18.7 Å². The SMILES string of the molecule is CN=C(NCCS(=O)Cc1ccccc1)NCc1ccccc1OC(F)(F)F.I. The number of hydrogen-bond acceptors (Lipinski definition) is 3. The van der Waals surface area contributed by atoms with Gasteiger partial charge >= 0.3 is 6.36 Å². The lowest BCUT2D eigenvalue weighted by Crippen LogP contribution is -2.38. The van der Waals surface area contributed by atoms with Crippen LogP contribution in [-0.2, 0) is 23.1 Å². The Kier molecular flexibility index (Phi) is 11.0. The number of halogens is 4. The van der Waals surface area contributed by atoms with E-state index in [0.717, 1.165) is 5.56 Å². The zero-order valence-corrected chi connectivity index (χ0v) is 18.9. The number of nitrogens with one attached hydrogen (secondary N) is 2. The molecule has 5 nitrogen and oxygen atoms in total. The summed E-state index contributed by atoms with van der Waals surface area (Å²) in [6, 6.07) is 15.4. The first kappa shape index (κ1) is 25.2. The minimum Gasteiger partial charge on any atom is -0.405 e. The summed E-state index contributed by atoms with van der Waals surface area (Å²) in [6.07, 6.45) is -4.75. The number of guanidine groups is 1. The van der Waals surface area contributed by atoms with Crippen LogP contribution in [0.25, 0.3) is 0 Å². The number of benzene rings is 2. The second kappa shape index (κ2) is 12.7. The van der Waals surface area contributed by atoms with Crippen LogP contribution in [0.15, 0.2) is 59.6 Å². The Bertz CT molecular complexity index is 805. The van der Waals surface area contributed by atoms with Gasteiger partial charge in [0.1, 0.15) is 5.75 Å². The zero-order valence-electron chi connectivity index (χ0n) is 15.7. The fourth-order valence-electron chi connectivity index (χ4n) is 2.39. The van der Waals surface area contributed by atoms with Gasteiger partial charge < -0.3 is 15.4 Å². The van der Waals surface area contributed by atoms with E-state index < -0.39 is 17.2 Å². The molecule has 2 N–H and O–H groups in total. The number of para-hydroxylation sites is 1. The number of alkyl halides is 3. The molecule has 0 aliphatic rings. The third-order valence-electron chi connectivity index (χ3n) is 3.66. The van der Waals surface area contributed by atoms with Crippen molar-refractivity contribution in [2.24, 2.45) is 4.99 Å². The van der Waals surface area contributed by atoms with Gasteiger partial charge in [0, 0.05) is 48.0 Å². The van der Waals surface area contributed by atoms with Crippen molar-refractivity contribution in [1.82, 2.24) is 10.6 Å². The average molecular weight is 541 g/mol. The van der Waals surface area contributed by atoms with Gasteiger partial charge in [-0.2, -0.15) is 0 Å². The van der Waals surface area contributed by atoms with Crippen molar-refractivity contribution in [1.29, 1.82) is 0 Å². The fraction of sp³-hybridized carbons (Fsp3) is 0.316. The largest absolute Gasteiger partial charge is 0.573 e. The summed E-state index contributed by atoms with van der Waals surface area (Å²) in [4.78, 5) is 4.02. The topological polar surface area (TPSA) is 62.7 Å². The van der Waals surface area contributed by atoms with Crippen LogP contribution < -0.4 is 15.4 Å². The molecule has 10 heteroatoms. The number of hydrogen-bond donors (Lipinski definition) is 2. The Morgan fingerprint density at radius 3 is 2.38 bits per heavy atom. The molecule has 0 aliphatic carbocycles. The predicted molar refractivity (Wildman–Crippen MR) is 120 cm³/mol. The van der Waals surface area contributed by atoms with Crippen LogP contribution in [-0.4, -0.2) is 35.9 Å². The maximum absolute atomic E-state index is 12.5. The van der Waals surface area contributed by atoms with Gasteiger partial charge in [0.15, 0.2) is 5.96 Å². The van der Waals surface area contributed by atoms with Gasteiger partial charge in [0.05, 0.1) is 0 Å². The highest BCUT2D eigenvalue weighted by atomic mass is 127. The summed E-state index contributed by atoms with van der Waals surface area (Å²) in [5.74, 6) is 1.03. The Morgan fingerprint density at radius 1 is 1.07 bits per heavy atom. The molecule has 1 atom stereocenters. The van der Waals surface area contributed by atoms with Crippen molar-refractivity contribution in [3.05, 3.63) is 65.7 Å². The van der Waals surface area contributed by atoms with E-state index in [2.05, 4.69) is 20.4 Å². The second-order valence-electron chi connectivity index (χ2n) is 5.78. The molecule has 0 bridgehead atoms. The monoisotopic (exact) mass is 541 g/mol. The first-order valence-corrected chi connectivity index (χ1v) is 10.0. The Hall–Kier alpha value is -1.82. The van der Waals surface area contributed by atoms with E-state index in [4.69, 9.17) is 0 Å². The van der Waals surface area contributed by atoms with Crippen LogP contribution in [0.1, 0.15) is 11.1 Å². The summed E-state index contributed by atoms with van der Waals surface area (Å²) in [7, 11) is 0.515. The minimum absolute atomic E-state index is 0. The molecular formula is C19H23F3IN3O2S. The number of aliphatic imine (C=N–C) groups is 1. The molecule has 0 fully saturated rings. The summed E-state index contributed by atoms with van der Waals surface area (Å²) < 4.78 is 53.6. The smallest absolute Gasteiger partial charge is 0.405 e. The molecule has 2 aromatic rings. The van der Waals surface area contributed by atoms with E-state index in [1.807, 2.05) is 30.3 Å². The minimum atomic E-state index is -4.75. The van der Waals surface area contributed by atoms with Gasteiger partial charge in [0.2, 0.25) is 0 Å². The van der Waals surface area contributed by atoms with E-state index in [9.17, 15) is 17.4 Å². The highest BCUT2D eigenvalue weighted by Gasteiger charge is 2.31. The van der Waals surface area contributed by atoms with Gasteiger partial charge in [-0.1, -0.05) is 48.5 Å². The van der Waals surface area contributed by atoms with E-state index in [1.165, 1.54) is 18.2 Å². The lowest BCUT2D eigenvalue weighted by molar-refractivity contribution is -0.274. The first-order valence-electron chi connectivity index (χ1n) is 8.54. The van der Waals surface area contributed by atoms with Crippen LogP contribution in [0, 0.1) is 0 Å². The van der Waals surface area contributed by atoms with Crippen LogP contribution in [0.4, 0.5) is 13.2 Å². The highest BCUT2D eigenvalue weighted by molar-refractivity contribution is 14.0. The molecular weight excluding hydrogens is 518 g/mol. The first-order chi connectivity index (χ1) is 13.4. The van der Waals surface area contributed by atoms with Crippen molar-refractivity contribution in [2.75, 3.05) is 19.3 Å². The van der Waals surface area contributed by atoms with Gasteiger partial charge in [-0.25, -0.2) is 0 Å². The van der Waals surface area contributed by atoms with Crippen LogP contribution in [0.5, 0.6) is 5.75 Å². The summed E-state index contributed by atoms with van der Waals surface area (Å²) in [5.41, 5.74) is 1.35. The number of nitrogens with zero attached hydrogens (tertiary/aromatic N) is 1. The molecule has 0 saturated carbocycles. The van der Waals surface area contributed by atoms with Crippen LogP contribution >= 0.6 is 24.0 Å². The predicted octanol–water partition coefficient (Wildman–Crippen LogP) is 3.82. The van der Waals surface area contributed by atoms with E-state index in [1.54, 1.807) is 13.1 Å².